The van der Waals surface area contributed by atoms with Gasteiger partial charge in [-0.15, -0.1) is 0 Å². The van der Waals surface area contributed by atoms with Crippen molar-refractivity contribution in [3.63, 3.8) is 0 Å². The average molecular weight is 739 g/mol. The van der Waals surface area contributed by atoms with Gasteiger partial charge in [0, 0.05) is 74.4 Å². The lowest BCUT2D eigenvalue weighted by molar-refractivity contribution is 1.13. The van der Waals surface area contributed by atoms with E-state index in [0.29, 0.717) is 22.6 Å². The molecule has 0 bridgehead atoms. The molecule has 0 saturated heterocycles. The number of fused-ring (bicyclic) bond motifs is 5. The third kappa shape index (κ3) is 13.4. The Morgan fingerprint density at radius 2 is 0.655 bits per heavy atom. The van der Waals surface area contributed by atoms with Crippen molar-refractivity contribution in [1.82, 2.24) is 89.7 Å². The molecule has 10 aromatic heterocycles. The van der Waals surface area contributed by atoms with E-state index < -0.39 is 0 Å². The molecule has 280 valence electrons. The van der Waals surface area contributed by atoms with Gasteiger partial charge in [-0.05, 0) is 18.2 Å². The van der Waals surface area contributed by atoms with Gasteiger partial charge < -0.3 is 0 Å². The number of hydrogen-bond acceptors (Lipinski definition) is 18. The maximum absolute atomic E-state index is 4.08. The zero-order chi connectivity index (χ0) is 34.1. The molecule has 0 aliphatic rings. The highest BCUT2D eigenvalue weighted by Gasteiger charge is 1.93. The van der Waals surface area contributed by atoms with E-state index in [2.05, 4.69) is 89.7 Å². The minimum Gasteiger partial charge on any atom is -0.262 e. The van der Waals surface area contributed by atoms with Crippen LogP contribution < -0.4 is 0 Å². The second-order valence-electron chi connectivity index (χ2n) is 9.22. The van der Waals surface area contributed by atoms with Gasteiger partial charge in [-0.3, -0.25) is 19.9 Å². The summed E-state index contributed by atoms with van der Waals surface area (Å²) in [7, 11) is 0. The first-order chi connectivity index (χ1) is 24.8. The Morgan fingerprint density at radius 1 is 0.255 bits per heavy atom. The lowest BCUT2D eigenvalue weighted by atomic mass is 10.4. The van der Waals surface area contributed by atoms with Gasteiger partial charge in [0.05, 0.1) is 29.5 Å². The van der Waals surface area contributed by atoms with E-state index in [1.54, 1.807) is 93.0 Å². The molecule has 55 heavy (non-hydrogen) atoms. The molecule has 0 aromatic carbocycles. The molecular formula is C37H42N18. The Labute approximate surface area is 318 Å². The first kappa shape index (κ1) is 45.3. The van der Waals surface area contributed by atoms with Crippen molar-refractivity contribution in [1.29, 1.82) is 0 Å². The molecule has 18 heteroatoms. The van der Waals surface area contributed by atoms with Crippen LogP contribution in [0, 0.1) is 0 Å². The predicted octanol–water partition coefficient (Wildman–Crippen LogP) is 6.49. The highest BCUT2D eigenvalue weighted by atomic mass is 15.0. The van der Waals surface area contributed by atoms with E-state index in [0.717, 1.165) is 33.0 Å². The third-order valence-corrected chi connectivity index (χ3v) is 6.00. The Kier molecular flexibility index (Phi) is 20.1. The standard InChI is InChI=1S/2C7H5N3.3C6H4N4.5CH4/c1-2-8-5-7-6(1)9-3-4-10-7;1-2-6-7(9-3-1)10-5-4-8-6;1-5-6(10-3-7-1)2-8-4-9-5;1-5-2-8-4-10-6(5)9-3-7-1;1-2-8-6-5(7-1)9-3-4-10-6;;;;;/h2*1-5H;3*1-4H;5*1H4. The second-order valence-corrected chi connectivity index (χ2v) is 9.22. The molecule has 10 aromatic rings. The van der Waals surface area contributed by atoms with Crippen molar-refractivity contribution in [2.45, 2.75) is 37.1 Å². The van der Waals surface area contributed by atoms with Crippen molar-refractivity contribution in [3.05, 3.63) is 136 Å². The quantitative estimate of drug-likeness (QED) is 0.162. The normalized spacial score (nSPS) is 9.09. The molecule has 18 nitrogen and oxygen atoms in total. The largest absolute Gasteiger partial charge is 0.262 e. The summed E-state index contributed by atoms with van der Waals surface area (Å²) < 4.78 is 0. The van der Waals surface area contributed by atoms with E-state index in [1.165, 1.54) is 25.3 Å². The van der Waals surface area contributed by atoms with Crippen LogP contribution in [0.1, 0.15) is 37.1 Å². The van der Waals surface area contributed by atoms with Gasteiger partial charge >= 0.3 is 0 Å². The SMILES string of the molecule is C.C.C.C.C.c1cc2nccnc2cn1.c1cnc2nccnc2c1.c1cnc2nccnc2n1.c1ncc2cncnc2n1.c1ncc2ncncc2n1. The van der Waals surface area contributed by atoms with Gasteiger partial charge in [0.15, 0.2) is 22.6 Å². The molecule has 0 aliphatic carbocycles. The number of hydrogen-bond donors (Lipinski definition) is 0. The van der Waals surface area contributed by atoms with Crippen LogP contribution in [-0.4, -0.2) is 89.7 Å². The van der Waals surface area contributed by atoms with Gasteiger partial charge in [0.1, 0.15) is 47.4 Å². The average Bonchev–Trinajstić information content (AvgIpc) is 3.22. The highest BCUT2D eigenvalue weighted by molar-refractivity contribution is 5.72. The number of rotatable bonds is 0. The first-order valence-electron chi connectivity index (χ1n) is 14.4. The maximum Gasteiger partial charge on any atom is 0.197 e. The number of pyridine rings is 2. The van der Waals surface area contributed by atoms with E-state index in [-0.39, 0.29) is 37.1 Å². The van der Waals surface area contributed by atoms with Crippen LogP contribution in [0.4, 0.5) is 0 Å². The van der Waals surface area contributed by atoms with Gasteiger partial charge in [-0.25, -0.2) is 69.8 Å². The minimum absolute atomic E-state index is 0. The Bertz CT molecular complexity index is 1820. The van der Waals surface area contributed by atoms with Crippen molar-refractivity contribution in [3.8, 4) is 0 Å². The molecule has 0 unspecified atom stereocenters. The van der Waals surface area contributed by atoms with E-state index in [1.807, 2.05) is 18.2 Å². The lowest BCUT2D eigenvalue weighted by Crippen LogP contribution is -1.87. The smallest absolute Gasteiger partial charge is 0.197 e. The summed E-state index contributed by atoms with van der Waals surface area (Å²) in [5.74, 6) is 0. The highest BCUT2D eigenvalue weighted by Crippen LogP contribution is 2.03. The minimum atomic E-state index is 0. The Balaban J connectivity index is 0.000000336. The van der Waals surface area contributed by atoms with Crippen molar-refractivity contribution in [2.75, 3.05) is 0 Å². The van der Waals surface area contributed by atoms with Gasteiger partial charge in [0.2, 0.25) is 0 Å². The molecule has 10 rings (SSSR count). The van der Waals surface area contributed by atoms with Crippen LogP contribution in [0.5, 0.6) is 0 Å². The summed E-state index contributed by atoms with van der Waals surface area (Å²) in [5.41, 5.74) is 6.67. The lowest BCUT2D eigenvalue weighted by Gasteiger charge is -1.90. The zero-order valence-corrected chi connectivity index (χ0v) is 25.8. The van der Waals surface area contributed by atoms with Crippen LogP contribution in [0.25, 0.3) is 55.6 Å². The summed E-state index contributed by atoms with van der Waals surface area (Å²) in [5, 5.41) is 0.866. The zero-order valence-electron chi connectivity index (χ0n) is 25.8. The molecular weight excluding hydrogens is 697 g/mol. The van der Waals surface area contributed by atoms with Crippen LogP contribution in [0.3, 0.4) is 0 Å². The predicted molar refractivity (Wildman–Crippen MR) is 214 cm³/mol. The monoisotopic (exact) mass is 738 g/mol. The summed E-state index contributed by atoms with van der Waals surface area (Å²) in [4.78, 5) is 70.9. The molecule has 0 radical (unpaired) electrons. The number of nitrogens with zero attached hydrogens (tertiary/aromatic N) is 18. The van der Waals surface area contributed by atoms with Crippen LogP contribution in [0.15, 0.2) is 136 Å². The summed E-state index contributed by atoms with van der Waals surface area (Å²) >= 11 is 0. The van der Waals surface area contributed by atoms with E-state index in [9.17, 15) is 0 Å². The van der Waals surface area contributed by atoms with E-state index >= 15 is 0 Å². The summed E-state index contributed by atoms with van der Waals surface area (Å²) in [6.45, 7) is 0. The third-order valence-electron chi connectivity index (χ3n) is 6.00. The topological polar surface area (TPSA) is 232 Å². The van der Waals surface area contributed by atoms with Crippen molar-refractivity contribution < 1.29 is 0 Å². The molecule has 10 heterocycles. The fraction of sp³-hybridized carbons (Fsp3) is 0.135. The molecule has 0 fully saturated rings. The Morgan fingerprint density at radius 3 is 1.16 bits per heavy atom. The molecule has 0 saturated carbocycles. The van der Waals surface area contributed by atoms with Crippen LogP contribution in [0.2, 0.25) is 0 Å². The Hall–Kier alpha value is -7.76. The summed E-state index contributed by atoms with van der Waals surface area (Å²) in [6.07, 6.45) is 30.7. The van der Waals surface area contributed by atoms with Crippen LogP contribution in [-0.2, 0) is 0 Å². The fourth-order valence-corrected chi connectivity index (χ4v) is 3.80. The fourth-order valence-electron chi connectivity index (χ4n) is 3.80. The first-order valence-corrected chi connectivity index (χ1v) is 14.4. The molecule has 0 spiro atoms. The molecule has 0 N–H and O–H groups in total. The van der Waals surface area contributed by atoms with Gasteiger partial charge in [-0.2, -0.15) is 0 Å². The molecule has 0 atom stereocenters. The molecule has 0 amide bonds. The summed E-state index contributed by atoms with van der Waals surface area (Å²) in [6, 6.07) is 5.56. The van der Waals surface area contributed by atoms with Crippen LogP contribution >= 0.6 is 0 Å². The van der Waals surface area contributed by atoms with Crippen molar-refractivity contribution in [2.24, 2.45) is 0 Å². The van der Waals surface area contributed by atoms with Crippen molar-refractivity contribution >= 4 is 55.6 Å². The van der Waals surface area contributed by atoms with E-state index in [4.69, 9.17) is 0 Å². The molecule has 0 aliphatic heterocycles. The van der Waals surface area contributed by atoms with Gasteiger partial charge in [-0.1, -0.05) is 37.1 Å². The second kappa shape index (κ2) is 24.4. The van der Waals surface area contributed by atoms with Gasteiger partial charge in [0.25, 0.3) is 0 Å². The number of aromatic nitrogens is 18. The maximum atomic E-state index is 4.08.